The highest BCUT2D eigenvalue weighted by molar-refractivity contribution is 9.10. The van der Waals surface area contributed by atoms with Crippen LogP contribution in [0.1, 0.15) is 17.9 Å². The van der Waals surface area contributed by atoms with Crippen LogP contribution in [0.5, 0.6) is 0 Å². The summed E-state index contributed by atoms with van der Waals surface area (Å²) < 4.78 is 5.76. The fourth-order valence-corrected chi connectivity index (χ4v) is 3.75. The number of nitriles is 1. The Morgan fingerprint density at radius 2 is 2.36 bits per heavy atom. The summed E-state index contributed by atoms with van der Waals surface area (Å²) in [5.74, 6) is -0.525. The third kappa shape index (κ3) is 5.59. The molecule has 0 bridgehead atoms. The smallest absolute Gasteiger partial charge is 0.230 e. The molecule has 0 aliphatic carbocycles. The van der Waals surface area contributed by atoms with Crippen molar-refractivity contribution in [1.29, 1.82) is 5.26 Å². The minimum absolute atomic E-state index is 0.121. The van der Waals surface area contributed by atoms with Crippen LogP contribution in [0, 0.1) is 11.3 Å². The van der Waals surface area contributed by atoms with Crippen molar-refractivity contribution in [2.24, 2.45) is 0 Å². The van der Waals surface area contributed by atoms with Gasteiger partial charge in [0.2, 0.25) is 11.8 Å². The first-order chi connectivity index (χ1) is 12.0. The molecule has 2 amide bonds. The first-order valence-corrected chi connectivity index (χ1v) is 9.41. The van der Waals surface area contributed by atoms with E-state index in [2.05, 4.69) is 32.6 Å². The molecule has 8 heteroatoms. The molecule has 1 aliphatic rings. The number of halogens is 1. The highest BCUT2D eigenvalue weighted by Gasteiger charge is 2.29. The molecule has 0 unspecified atom stereocenters. The average Bonchev–Trinajstić information content (AvgIpc) is 2.59. The zero-order valence-corrected chi connectivity index (χ0v) is 16.1. The van der Waals surface area contributed by atoms with Crippen molar-refractivity contribution in [1.82, 2.24) is 10.6 Å². The van der Waals surface area contributed by atoms with Crippen molar-refractivity contribution in [3.63, 3.8) is 0 Å². The maximum atomic E-state index is 12.1. The van der Waals surface area contributed by atoms with E-state index in [-0.39, 0.29) is 29.9 Å². The minimum Gasteiger partial charge on any atom is -0.383 e. The lowest BCUT2D eigenvalue weighted by Crippen LogP contribution is -2.33. The van der Waals surface area contributed by atoms with Gasteiger partial charge in [-0.25, -0.2) is 0 Å². The van der Waals surface area contributed by atoms with Gasteiger partial charge in [-0.05, 0) is 17.7 Å². The van der Waals surface area contributed by atoms with Crippen LogP contribution in [0.15, 0.2) is 39.3 Å². The van der Waals surface area contributed by atoms with Crippen molar-refractivity contribution >= 4 is 39.5 Å². The number of ether oxygens (including phenoxy) is 1. The van der Waals surface area contributed by atoms with Gasteiger partial charge in [-0.2, -0.15) is 5.26 Å². The third-order valence-electron chi connectivity index (χ3n) is 3.58. The maximum Gasteiger partial charge on any atom is 0.230 e. The molecule has 2 N–H and O–H groups in total. The molecule has 0 saturated carbocycles. The van der Waals surface area contributed by atoms with Crippen LogP contribution in [-0.4, -0.2) is 37.8 Å². The summed E-state index contributed by atoms with van der Waals surface area (Å²) in [5, 5.41) is 15.5. The van der Waals surface area contributed by atoms with E-state index in [1.54, 1.807) is 7.11 Å². The fourth-order valence-electron chi connectivity index (χ4n) is 2.42. The van der Waals surface area contributed by atoms with Gasteiger partial charge in [-0.1, -0.05) is 39.8 Å². The van der Waals surface area contributed by atoms with E-state index in [1.807, 2.05) is 24.3 Å². The van der Waals surface area contributed by atoms with Gasteiger partial charge < -0.3 is 15.4 Å². The molecule has 0 saturated heterocycles. The van der Waals surface area contributed by atoms with Gasteiger partial charge in [0.25, 0.3) is 0 Å². The van der Waals surface area contributed by atoms with Gasteiger partial charge in [0, 0.05) is 30.5 Å². The Bertz CT molecular complexity index is 730. The lowest BCUT2D eigenvalue weighted by atomic mass is 9.87. The number of amides is 2. The molecule has 25 heavy (non-hydrogen) atoms. The van der Waals surface area contributed by atoms with Crippen molar-refractivity contribution < 1.29 is 14.3 Å². The molecule has 0 fully saturated rings. The molecule has 1 aromatic carbocycles. The number of hydrogen-bond acceptors (Lipinski definition) is 5. The van der Waals surface area contributed by atoms with E-state index in [0.717, 1.165) is 21.8 Å². The first kappa shape index (κ1) is 19.5. The lowest BCUT2D eigenvalue weighted by molar-refractivity contribution is -0.121. The van der Waals surface area contributed by atoms with Gasteiger partial charge in [0.1, 0.15) is 0 Å². The van der Waals surface area contributed by atoms with Crippen molar-refractivity contribution in [3.8, 4) is 6.07 Å². The van der Waals surface area contributed by atoms with Crippen LogP contribution in [0.4, 0.5) is 0 Å². The second kappa shape index (κ2) is 9.61. The van der Waals surface area contributed by atoms with Crippen LogP contribution in [0.2, 0.25) is 0 Å². The van der Waals surface area contributed by atoms with Crippen LogP contribution in [-0.2, 0) is 14.3 Å². The number of rotatable bonds is 7. The highest BCUT2D eigenvalue weighted by atomic mass is 79.9. The summed E-state index contributed by atoms with van der Waals surface area (Å²) in [4.78, 5) is 23.9. The quantitative estimate of drug-likeness (QED) is 0.656. The fraction of sp³-hybridized carbons (Fsp3) is 0.353. The summed E-state index contributed by atoms with van der Waals surface area (Å²) >= 11 is 4.58. The Labute approximate surface area is 159 Å². The molecule has 132 valence electrons. The average molecular weight is 424 g/mol. The molecule has 2 rings (SSSR count). The number of benzene rings is 1. The highest BCUT2D eigenvalue weighted by Crippen LogP contribution is 2.36. The van der Waals surface area contributed by atoms with E-state index in [4.69, 9.17) is 4.74 Å². The van der Waals surface area contributed by atoms with Crippen molar-refractivity contribution in [2.45, 2.75) is 12.3 Å². The molecule has 1 aliphatic heterocycles. The summed E-state index contributed by atoms with van der Waals surface area (Å²) in [6.07, 6.45) is 0.212. The molecule has 6 nitrogen and oxygen atoms in total. The molecule has 0 aromatic heterocycles. The van der Waals surface area contributed by atoms with E-state index >= 15 is 0 Å². The standard InChI is InChI=1S/C17H18BrN3O3S/c1-24-6-5-20-16(23)10-25-17-14(9-19)13(8-15(22)21-17)11-3-2-4-12(18)7-11/h2-4,7,13H,5-6,8,10H2,1H3,(H,20,23)(H,21,22)/t13-/m1/s1. The number of carbonyl (C=O) groups excluding carboxylic acids is 2. The second-order valence-corrected chi connectivity index (χ2v) is 7.25. The number of methoxy groups -OCH3 is 1. The van der Waals surface area contributed by atoms with Gasteiger partial charge in [-0.3, -0.25) is 9.59 Å². The predicted octanol–water partition coefficient (Wildman–Crippen LogP) is 2.28. The van der Waals surface area contributed by atoms with E-state index in [0.29, 0.717) is 23.8 Å². The Morgan fingerprint density at radius 1 is 1.56 bits per heavy atom. The molecule has 1 atom stereocenters. The number of nitrogens with zero attached hydrogens (tertiary/aromatic N) is 1. The minimum atomic E-state index is -0.310. The largest absolute Gasteiger partial charge is 0.383 e. The van der Waals surface area contributed by atoms with Crippen molar-refractivity contribution in [2.75, 3.05) is 26.0 Å². The van der Waals surface area contributed by atoms with Gasteiger partial charge in [-0.15, -0.1) is 0 Å². The molecule has 1 aromatic rings. The summed E-state index contributed by atoms with van der Waals surface area (Å²) in [6, 6.07) is 9.76. The third-order valence-corrected chi connectivity index (χ3v) is 5.09. The Balaban J connectivity index is 2.15. The maximum absolute atomic E-state index is 12.1. The number of allylic oxidation sites excluding steroid dienone is 1. The van der Waals surface area contributed by atoms with Crippen LogP contribution >= 0.6 is 27.7 Å². The first-order valence-electron chi connectivity index (χ1n) is 7.63. The summed E-state index contributed by atoms with van der Waals surface area (Å²) in [6.45, 7) is 0.858. The monoisotopic (exact) mass is 423 g/mol. The second-order valence-electron chi connectivity index (χ2n) is 5.35. The van der Waals surface area contributed by atoms with Gasteiger partial charge in [0.05, 0.1) is 29.0 Å². The van der Waals surface area contributed by atoms with Gasteiger partial charge in [0.15, 0.2) is 0 Å². The molecular formula is C17H18BrN3O3S. The lowest BCUT2D eigenvalue weighted by Gasteiger charge is -2.25. The van der Waals surface area contributed by atoms with Crippen LogP contribution in [0.25, 0.3) is 0 Å². The molecule has 1 heterocycles. The van der Waals surface area contributed by atoms with E-state index in [9.17, 15) is 14.9 Å². The van der Waals surface area contributed by atoms with E-state index < -0.39 is 0 Å². The van der Waals surface area contributed by atoms with Crippen LogP contribution < -0.4 is 10.6 Å². The zero-order chi connectivity index (χ0) is 18.2. The van der Waals surface area contributed by atoms with Gasteiger partial charge >= 0.3 is 0 Å². The predicted molar refractivity (Wildman–Crippen MR) is 99.6 cm³/mol. The summed E-state index contributed by atoms with van der Waals surface area (Å²) in [5.41, 5.74) is 1.37. The van der Waals surface area contributed by atoms with Crippen LogP contribution in [0.3, 0.4) is 0 Å². The van der Waals surface area contributed by atoms with E-state index in [1.165, 1.54) is 0 Å². The Kier molecular flexibility index (Phi) is 7.50. The number of carbonyl (C=O) groups is 2. The number of thioether (sulfide) groups is 1. The normalized spacial score (nSPS) is 17.0. The summed E-state index contributed by atoms with van der Waals surface area (Å²) in [7, 11) is 1.56. The Hall–Kier alpha value is -1.82. The molecular weight excluding hydrogens is 406 g/mol. The number of hydrogen-bond donors (Lipinski definition) is 2. The molecule has 0 spiro atoms. The zero-order valence-electron chi connectivity index (χ0n) is 13.7. The van der Waals surface area contributed by atoms with Crippen molar-refractivity contribution in [3.05, 3.63) is 44.9 Å². The molecule has 0 radical (unpaired) electrons. The SMILES string of the molecule is COCCNC(=O)CSC1=C(C#N)[C@@H](c2cccc(Br)c2)CC(=O)N1. The topological polar surface area (TPSA) is 91.2 Å². The number of nitrogens with one attached hydrogen (secondary N) is 2. The Morgan fingerprint density at radius 3 is 3.04 bits per heavy atom.